The third-order valence-electron chi connectivity index (χ3n) is 7.04. The van der Waals surface area contributed by atoms with Crippen molar-refractivity contribution in [2.75, 3.05) is 17.1 Å². The number of halogens is 1. The molecule has 2 unspecified atom stereocenters. The van der Waals surface area contributed by atoms with E-state index in [-0.39, 0.29) is 30.8 Å². The van der Waals surface area contributed by atoms with Gasteiger partial charge in [-0.1, -0.05) is 87.0 Å². The van der Waals surface area contributed by atoms with E-state index in [1.165, 1.54) is 4.90 Å². The predicted molar refractivity (Wildman–Crippen MR) is 167 cm³/mol. The molecule has 3 rings (SSSR count). The smallest absolute Gasteiger partial charge is 0.244 e. The molecule has 3 aromatic rings. The van der Waals surface area contributed by atoms with Gasteiger partial charge in [0.25, 0.3) is 0 Å². The molecular formula is C32H40ClN3O4S. The Morgan fingerprint density at radius 1 is 0.902 bits per heavy atom. The maximum atomic E-state index is 14.1. The highest BCUT2D eigenvalue weighted by atomic mass is 35.5. The summed E-state index contributed by atoms with van der Waals surface area (Å²) in [6.45, 7) is 7.61. The standard InChI is InChI=1S/C32H40ClN3O4S/c1-6-24(4)34-32(38)30(20-25-11-8-7-9-12-25)35(21-26-13-10-14-28(33)19-26)31(37)22-36(41(5,39)40)29-17-15-27(16-18-29)23(2)3/h7-19,23-24,30H,6,20-22H2,1-5H3,(H,34,38). The lowest BCUT2D eigenvalue weighted by Gasteiger charge is -2.34. The van der Waals surface area contributed by atoms with Crippen LogP contribution >= 0.6 is 11.6 Å². The number of benzene rings is 3. The van der Waals surface area contributed by atoms with Crippen LogP contribution in [0.1, 0.15) is 56.7 Å². The van der Waals surface area contributed by atoms with E-state index in [9.17, 15) is 18.0 Å². The Bertz CT molecular complexity index is 1410. The van der Waals surface area contributed by atoms with Crippen LogP contribution in [0.5, 0.6) is 0 Å². The number of nitrogens with zero attached hydrogens (tertiary/aromatic N) is 2. The van der Waals surface area contributed by atoms with Gasteiger partial charge in [0.2, 0.25) is 21.8 Å². The molecule has 0 bridgehead atoms. The van der Waals surface area contributed by atoms with Crippen LogP contribution in [0.2, 0.25) is 5.02 Å². The van der Waals surface area contributed by atoms with Gasteiger partial charge in [0.15, 0.2) is 0 Å². The van der Waals surface area contributed by atoms with Gasteiger partial charge in [0, 0.05) is 24.0 Å². The van der Waals surface area contributed by atoms with Crippen molar-refractivity contribution < 1.29 is 18.0 Å². The van der Waals surface area contributed by atoms with E-state index in [0.29, 0.717) is 10.7 Å². The average molecular weight is 598 g/mol. The monoisotopic (exact) mass is 597 g/mol. The number of hydrogen-bond donors (Lipinski definition) is 1. The third kappa shape index (κ3) is 9.33. The zero-order valence-electron chi connectivity index (χ0n) is 24.4. The van der Waals surface area contributed by atoms with Crippen LogP contribution in [0.25, 0.3) is 0 Å². The summed E-state index contributed by atoms with van der Waals surface area (Å²) in [5.74, 6) is -0.525. The second-order valence-corrected chi connectivity index (χ2v) is 13.0. The Hall–Kier alpha value is -3.36. The normalized spacial score (nSPS) is 13.0. The molecule has 0 aliphatic carbocycles. The van der Waals surface area contributed by atoms with E-state index >= 15 is 0 Å². The molecular weight excluding hydrogens is 558 g/mol. The van der Waals surface area contributed by atoms with E-state index < -0.39 is 28.5 Å². The molecule has 7 nitrogen and oxygen atoms in total. The van der Waals surface area contributed by atoms with Crippen LogP contribution in [-0.4, -0.2) is 50.0 Å². The molecule has 1 N–H and O–H groups in total. The number of carbonyl (C=O) groups is 2. The van der Waals surface area contributed by atoms with Gasteiger partial charge in [0.05, 0.1) is 11.9 Å². The van der Waals surface area contributed by atoms with Gasteiger partial charge < -0.3 is 10.2 Å². The van der Waals surface area contributed by atoms with Gasteiger partial charge in [-0.05, 0) is 60.2 Å². The Labute approximate surface area is 249 Å². The molecule has 0 spiro atoms. The number of hydrogen-bond acceptors (Lipinski definition) is 4. The van der Waals surface area contributed by atoms with Crippen molar-refractivity contribution in [2.45, 2.75) is 65.1 Å². The van der Waals surface area contributed by atoms with Crippen LogP contribution in [-0.2, 0) is 32.6 Å². The molecule has 0 saturated carbocycles. The molecule has 3 aromatic carbocycles. The lowest BCUT2D eigenvalue weighted by Crippen LogP contribution is -2.54. The molecule has 0 aliphatic heterocycles. The summed E-state index contributed by atoms with van der Waals surface area (Å²) in [6, 6.07) is 22.7. The van der Waals surface area contributed by atoms with Gasteiger partial charge in [-0.2, -0.15) is 0 Å². The van der Waals surface area contributed by atoms with Crippen molar-refractivity contribution in [3.05, 3.63) is 101 Å². The van der Waals surface area contributed by atoms with Gasteiger partial charge >= 0.3 is 0 Å². The first-order chi connectivity index (χ1) is 19.4. The van der Waals surface area contributed by atoms with Gasteiger partial charge in [0.1, 0.15) is 12.6 Å². The summed E-state index contributed by atoms with van der Waals surface area (Å²) in [4.78, 5) is 29.3. The predicted octanol–water partition coefficient (Wildman–Crippen LogP) is 5.78. The summed E-state index contributed by atoms with van der Waals surface area (Å²) >= 11 is 6.26. The summed E-state index contributed by atoms with van der Waals surface area (Å²) in [5, 5.41) is 3.53. The average Bonchev–Trinajstić information content (AvgIpc) is 2.93. The lowest BCUT2D eigenvalue weighted by atomic mass is 10.0. The minimum atomic E-state index is -3.82. The maximum absolute atomic E-state index is 14.1. The molecule has 0 heterocycles. The van der Waals surface area contributed by atoms with E-state index in [1.807, 2.05) is 62.4 Å². The Morgan fingerprint density at radius 3 is 2.10 bits per heavy atom. The number of amides is 2. The molecule has 0 fully saturated rings. The topological polar surface area (TPSA) is 86.8 Å². The van der Waals surface area contributed by atoms with Crippen LogP contribution in [0.4, 0.5) is 5.69 Å². The summed E-state index contributed by atoms with van der Waals surface area (Å²) < 4.78 is 27.0. The summed E-state index contributed by atoms with van der Waals surface area (Å²) in [7, 11) is -3.82. The number of sulfonamides is 1. The van der Waals surface area contributed by atoms with Crippen LogP contribution < -0.4 is 9.62 Å². The van der Waals surface area contributed by atoms with Gasteiger partial charge in [-0.15, -0.1) is 0 Å². The van der Waals surface area contributed by atoms with Crippen molar-refractivity contribution in [2.24, 2.45) is 0 Å². The van der Waals surface area contributed by atoms with Crippen molar-refractivity contribution in [1.82, 2.24) is 10.2 Å². The molecule has 0 radical (unpaired) electrons. The number of rotatable bonds is 13. The Kier molecular flexibility index (Phi) is 11.4. The van der Waals surface area contributed by atoms with E-state index in [0.717, 1.165) is 33.7 Å². The molecule has 0 aromatic heterocycles. The van der Waals surface area contributed by atoms with Crippen molar-refractivity contribution in [1.29, 1.82) is 0 Å². The fourth-order valence-corrected chi connectivity index (χ4v) is 5.53. The first kappa shape index (κ1) is 32.2. The lowest BCUT2D eigenvalue weighted by molar-refractivity contribution is -0.140. The second-order valence-electron chi connectivity index (χ2n) is 10.7. The van der Waals surface area contributed by atoms with E-state index in [2.05, 4.69) is 19.2 Å². The van der Waals surface area contributed by atoms with Gasteiger partial charge in [-0.3, -0.25) is 13.9 Å². The minimum Gasteiger partial charge on any atom is -0.352 e. The Morgan fingerprint density at radius 2 is 1.54 bits per heavy atom. The summed E-state index contributed by atoms with van der Waals surface area (Å²) in [6.07, 6.45) is 2.06. The van der Waals surface area contributed by atoms with E-state index in [4.69, 9.17) is 11.6 Å². The van der Waals surface area contributed by atoms with Crippen LogP contribution in [0.3, 0.4) is 0 Å². The summed E-state index contributed by atoms with van der Waals surface area (Å²) in [5.41, 5.74) is 3.05. The first-order valence-electron chi connectivity index (χ1n) is 13.8. The molecule has 2 amide bonds. The highest BCUT2D eigenvalue weighted by Crippen LogP contribution is 2.24. The third-order valence-corrected chi connectivity index (χ3v) is 8.42. The zero-order chi connectivity index (χ0) is 30.2. The Balaban J connectivity index is 2.05. The van der Waals surface area contributed by atoms with Crippen LogP contribution in [0, 0.1) is 0 Å². The molecule has 0 saturated heterocycles. The number of carbonyl (C=O) groups excluding carboxylic acids is 2. The van der Waals surface area contributed by atoms with Crippen molar-refractivity contribution in [3.8, 4) is 0 Å². The maximum Gasteiger partial charge on any atom is 0.244 e. The quantitative estimate of drug-likeness (QED) is 0.270. The molecule has 9 heteroatoms. The highest BCUT2D eigenvalue weighted by molar-refractivity contribution is 7.92. The zero-order valence-corrected chi connectivity index (χ0v) is 26.0. The van der Waals surface area contributed by atoms with E-state index in [1.54, 1.807) is 30.3 Å². The fourth-order valence-electron chi connectivity index (χ4n) is 4.47. The van der Waals surface area contributed by atoms with Gasteiger partial charge in [-0.25, -0.2) is 8.42 Å². The molecule has 41 heavy (non-hydrogen) atoms. The van der Waals surface area contributed by atoms with Crippen LogP contribution in [0.15, 0.2) is 78.9 Å². The number of nitrogens with one attached hydrogen (secondary N) is 1. The van der Waals surface area contributed by atoms with Crippen molar-refractivity contribution in [3.63, 3.8) is 0 Å². The fraction of sp³-hybridized carbons (Fsp3) is 0.375. The minimum absolute atomic E-state index is 0.0781. The molecule has 2 atom stereocenters. The second kappa shape index (κ2) is 14.5. The SMILES string of the molecule is CCC(C)NC(=O)C(Cc1ccccc1)N(Cc1cccc(Cl)c1)C(=O)CN(c1ccc(C(C)C)cc1)S(C)(=O)=O. The molecule has 220 valence electrons. The number of anilines is 1. The first-order valence-corrected chi connectivity index (χ1v) is 16.1. The highest BCUT2D eigenvalue weighted by Gasteiger charge is 2.33. The van der Waals surface area contributed by atoms with Crippen molar-refractivity contribution >= 4 is 39.1 Å². The largest absolute Gasteiger partial charge is 0.352 e. The molecule has 0 aliphatic rings.